The number of hydrogen-bond acceptors (Lipinski definition) is 3. The van der Waals surface area contributed by atoms with Gasteiger partial charge in [-0.15, -0.1) is 0 Å². The molecule has 1 N–H and O–H groups in total. The summed E-state index contributed by atoms with van der Waals surface area (Å²) in [5.74, 6) is 1.09. The van der Waals surface area contributed by atoms with Crippen molar-refractivity contribution in [1.82, 2.24) is 14.9 Å². The Hall–Kier alpha value is -0.870. The summed E-state index contributed by atoms with van der Waals surface area (Å²) in [6.45, 7) is 3.46. The van der Waals surface area contributed by atoms with Gasteiger partial charge < -0.3 is 14.6 Å². The van der Waals surface area contributed by atoms with Gasteiger partial charge in [0.25, 0.3) is 0 Å². The molecule has 0 aromatic carbocycles. The van der Waals surface area contributed by atoms with Gasteiger partial charge in [-0.3, -0.25) is 0 Å². The Morgan fingerprint density at radius 2 is 2.67 bits per heavy atom. The maximum absolute atomic E-state index is 5.42. The quantitative estimate of drug-likeness (QED) is 0.590. The van der Waals surface area contributed by atoms with Gasteiger partial charge >= 0.3 is 0 Å². The summed E-state index contributed by atoms with van der Waals surface area (Å²) < 4.78 is 7.74. The number of hydrogen-bond donors (Lipinski definition) is 1. The Balaban J connectivity index is 2.16. The molecule has 2 aliphatic rings. The Labute approximate surface area is 70.5 Å². The number of imidazole rings is 1. The average Bonchev–Trinajstić information content (AvgIpc) is 2.52. The highest BCUT2D eigenvalue weighted by atomic mass is 16.5. The Kier molecular flexibility index (Phi) is 1.27. The number of nitrogens with zero attached hydrogens (tertiary/aromatic N) is 2. The van der Waals surface area contributed by atoms with Gasteiger partial charge in [-0.25, -0.2) is 4.98 Å². The predicted octanol–water partition coefficient (Wildman–Crippen LogP) is 0.0576. The third-order valence-corrected chi connectivity index (χ3v) is 2.54. The molecule has 4 nitrogen and oxygen atoms in total. The molecule has 0 spiro atoms. The number of rotatable bonds is 0. The van der Waals surface area contributed by atoms with Gasteiger partial charge in [0.2, 0.25) is 0 Å². The van der Waals surface area contributed by atoms with Gasteiger partial charge in [0.05, 0.1) is 18.3 Å². The molecule has 0 bridgehead atoms. The molecule has 64 valence electrons. The minimum absolute atomic E-state index is 0.472. The van der Waals surface area contributed by atoms with E-state index in [9.17, 15) is 0 Å². The lowest BCUT2D eigenvalue weighted by atomic mass is 10.2. The van der Waals surface area contributed by atoms with Crippen LogP contribution in [0.25, 0.3) is 0 Å². The van der Waals surface area contributed by atoms with E-state index in [2.05, 4.69) is 14.9 Å². The van der Waals surface area contributed by atoms with Crippen LogP contribution < -0.4 is 5.32 Å². The topological polar surface area (TPSA) is 39.1 Å². The van der Waals surface area contributed by atoms with Crippen LogP contribution in [0.5, 0.6) is 0 Å². The molecule has 3 rings (SSSR count). The molecule has 0 fully saturated rings. The highest BCUT2D eigenvalue weighted by molar-refractivity contribution is 5.11. The first-order valence-corrected chi connectivity index (χ1v) is 4.28. The normalized spacial score (nSPS) is 26.8. The summed E-state index contributed by atoms with van der Waals surface area (Å²) in [5.41, 5.74) is 1.30. The van der Waals surface area contributed by atoms with Crippen molar-refractivity contribution < 1.29 is 4.74 Å². The van der Waals surface area contributed by atoms with E-state index in [1.54, 1.807) is 0 Å². The SMILES string of the molecule is c1nc2n3c1CNCC3COC2. The zero-order valence-corrected chi connectivity index (χ0v) is 6.79. The summed E-state index contributed by atoms with van der Waals surface area (Å²) >= 11 is 0. The van der Waals surface area contributed by atoms with E-state index >= 15 is 0 Å². The number of aromatic nitrogens is 2. The predicted molar refractivity (Wildman–Crippen MR) is 42.6 cm³/mol. The Morgan fingerprint density at radius 3 is 3.67 bits per heavy atom. The van der Waals surface area contributed by atoms with Crippen molar-refractivity contribution in [3.63, 3.8) is 0 Å². The fourth-order valence-corrected chi connectivity index (χ4v) is 2.00. The molecule has 0 saturated carbocycles. The van der Waals surface area contributed by atoms with Crippen LogP contribution in [0.1, 0.15) is 17.6 Å². The zero-order chi connectivity index (χ0) is 7.97. The third kappa shape index (κ3) is 0.763. The molecule has 3 heterocycles. The van der Waals surface area contributed by atoms with Crippen LogP contribution in [0.2, 0.25) is 0 Å². The van der Waals surface area contributed by atoms with E-state index in [1.807, 2.05) is 6.20 Å². The van der Waals surface area contributed by atoms with Crippen LogP contribution >= 0.6 is 0 Å². The van der Waals surface area contributed by atoms with Crippen LogP contribution in [0.3, 0.4) is 0 Å². The van der Waals surface area contributed by atoms with Gasteiger partial charge in [-0.1, -0.05) is 0 Å². The van der Waals surface area contributed by atoms with Crippen LogP contribution in [0, 0.1) is 0 Å². The highest BCUT2D eigenvalue weighted by Gasteiger charge is 2.26. The van der Waals surface area contributed by atoms with Crippen LogP contribution in [-0.4, -0.2) is 22.7 Å². The molecule has 0 amide bonds. The number of ether oxygens (including phenoxy) is 1. The van der Waals surface area contributed by atoms with Crippen molar-refractivity contribution >= 4 is 0 Å². The Bertz CT molecular complexity index is 280. The molecule has 4 heteroatoms. The Morgan fingerprint density at radius 1 is 1.67 bits per heavy atom. The van der Waals surface area contributed by atoms with E-state index in [4.69, 9.17) is 4.74 Å². The minimum Gasteiger partial charge on any atom is -0.371 e. The molecule has 2 aliphatic heterocycles. The first kappa shape index (κ1) is 6.62. The molecule has 1 unspecified atom stereocenters. The van der Waals surface area contributed by atoms with Crippen LogP contribution in [0.15, 0.2) is 6.20 Å². The lowest BCUT2D eigenvalue weighted by Gasteiger charge is -2.31. The van der Waals surface area contributed by atoms with Crippen molar-refractivity contribution in [2.24, 2.45) is 0 Å². The van der Waals surface area contributed by atoms with E-state index in [1.165, 1.54) is 5.69 Å². The second-order valence-corrected chi connectivity index (χ2v) is 3.34. The molecular weight excluding hydrogens is 154 g/mol. The summed E-state index contributed by atoms with van der Waals surface area (Å²) in [4.78, 5) is 4.32. The van der Waals surface area contributed by atoms with Gasteiger partial charge in [-0.05, 0) is 0 Å². The maximum Gasteiger partial charge on any atom is 0.135 e. The molecule has 1 aromatic rings. The highest BCUT2D eigenvalue weighted by Crippen LogP contribution is 2.22. The van der Waals surface area contributed by atoms with E-state index in [0.717, 1.165) is 25.5 Å². The van der Waals surface area contributed by atoms with Crippen molar-refractivity contribution in [3.8, 4) is 0 Å². The van der Waals surface area contributed by atoms with Gasteiger partial charge in [0.1, 0.15) is 12.4 Å². The first-order chi connectivity index (χ1) is 5.95. The van der Waals surface area contributed by atoms with Gasteiger partial charge in [-0.2, -0.15) is 0 Å². The fourth-order valence-electron chi connectivity index (χ4n) is 2.00. The van der Waals surface area contributed by atoms with Crippen molar-refractivity contribution in [3.05, 3.63) is 17.7 Å². The minimum atomic E-state index is 0.472. The molecule has 1 aromatic heterocycles. The largest absolute Gasteiger partial charge is 0.371 e. The molecule has 0 radical (unpaired) electrons. The molecular formula is C8H11N3O. The molecule has 1 atom stereocenters. The summed E-state index contributed by atoms with van der Waals surface area (Å²) in [5, 5.41) is 3.35. The van der Waals surface area contributed by atoms with E-state index < -0.39 is 0 Å². The van der Waals surface area contributed by atoms with Gasteiger partial charge in [0.15, 0.2) is 0 Å². The van der Waals surface area contributed by atoms with Gasteiger partial charge in [0, 0.05) is 19.3 Å². The van der Waals surface area contributed by atoms with Crippen LogP contribution in [0.4, 0.5) is 0 Å². The summed E-state index contributed by atoms with van der Waals surface area (Å²) in [7, 11) is 0. The smallest absolute Gasteiger partial charge is 0.135 e. The lowest BCUT2D eigenvalue weighted by molar-refractivity contribution is 0.0490. The second-order valence-electron chi connectivity index (χ2n) is 3.34. The fraction of sp³-hybridized carbons (Fsp3) is 0.625. The second kappa shape index (κ2) is 2.31. The average molecular weight is 165 g/mol. The summed E-state index contributed by atoms with van der Waals surface area (Å²) in [6, 6.07) is 0.472. The standard InChI is InChI=1S/C8H11N3O/c1-6-3-10-8-5-12-4-7(2-9-1)11(6)8/h3,7,9H,1-2,4-5H2. The lowest BCUT2D eigenvalue weighted by Crippen LogP contribution is -2.38. The maximum atomic E-state index is 5.42. The third-order valence-electron chi connectivity index (χ3n) is 2.54. The zero-order valence-electron chi connectivity index (χ0n) is 6.79. The van der Waals surface area contributed by atoms with Crippen molar-refractivity contribution in [2.45, 2.75) is 19.2 Å². The monoisotopic (exact) mass is 165 g/mol. The van der Waals surface area contributed by atoms with Crippen molar-refractivity contribution in [1.29, 1.82) is 0 Å². The van der Waals surface area contributed by atoms with E-state index in [0.29, 0.717) is 12.6 Å². The molecule has 0 saturated heterocycles. The van der Waals surface area contributed by atoms with Crippen LogP contribution in [-0.2, 0) is 17.9 Å². The number of nitrogens with one attached hydrogen (secondary N) is 1. The molecule has 12 heavy (non-hydrogen) atoms. The van der Waals surface area contributed by atoms with Crippen molar-refractivity contribution in [2.75, 3.05) is 13.2 Å². The summed E-state index contributed by atoms with van der Waals surface area (Å²) in [6.07, 6.45) is 1.95. The molecule has 0 aliphatic carbocycles. The first-order valence-electron chi connectivity index (χ1n) is 4.28. The van der Waals surface area contributed by atoms with E-state index in [-0.39, 0.29) is 0 Å².